The van der Waals surface area contributed by atoms with Gasteiger partial charge >= 0.3 is 0 Å². The third kappa shape index (κ3) is 1.58. The van der Waals surface area contributed by atoms with Crippen molar-refractivity contribution in [1.29, 1.82) is 0 Å². The van der Waals surface area contributed by atoms with Crippen molar-refractivity contribution in [3.8, 4) is 5.69 Å². The molecule has 0 bridgehead atoms. The fourth-order valence-electron chi connectivity index (χ4n) is 2.64. The summed E-state index contributed by atoms with van der Waals surface area (Å²) < 4.78 is 1.57. The normalized spacial score (nSPS) is 14.5. The molecule has 0 aliphatic carbocycles. The lowest BCUT2D eigenvalue weighted by atomic mass is 10.1. The Kier molecular flexibility index (Phi) is 2.46. The molecular weight excluding hydrogens is 288 g/mol. The van der Waals surface area contributed by atoms with E-state index in [2.05, 4.69) is 15.0 Å². The molecule has 21 heavy (non-hydrogen) atoms. The van der Waals surface area contributed by atoms with Crippen molar-refractivity contribution < 1.29 is 0 Å². The predicted molar refractivity (Wildman–Crippen MR) is 81.7 cm³/mol. The number of hydrogen-bond donors (Lipinski definition) is 0. The number of rotatable bonds is 0. The second kappa shape index (κ2) is 4.23. The number of aliphatic imine (C=N–C) groups is 1. The summed E-state index contributed by atoms with van der Waals surface area (Å²) in [4.78, 5) is 25.6. The molecule has 5 nitrogen and oxygen atoms in total. The number of pyridine rings is 1. The first-order valence-electron chi connectivity index (χ1n) is 6.36. The summed E-state index contributed by atoms with van der Waals surface area (Å²) in [5.41, 5.74) is 2.49. The van der Waals surface area contributed by atoms with Crippen molar-refractivity contribution >= 4 is 28.3 Å². The van der Waals surface area contributed by atoms with Gasteiger partial charge in [-0.15, -0.1) is 0 Å². The molecule has 3 aromatic rings. The van der Waals surface area contributed by atoms with Crippen LogP contribution in [-0.2, 0) is 0 Å². The summed E-state index contributed by atoms with van der Waals surface area (Å²) in [5.74, 6) is 0.506. The molecular formula is C15H9ClN4O. The van der Waals surface area contributed by atoms with Gasteiger partial charge in [0.05, 0.1) is 11.1 Å². The number of aromatic nitrogens is 3. The Bertz CT molecular complexity index is 991. The van der Waals surface area contributed by atoms with Crippen LogP contribution in [0.25, 0.3) is 16.7 Å². The molecule has 0 fully saturated rings. The highest BCUT2D eigenvalue weighted by Crippen LogP contribution is 2.28. The van der Waals surface area contributed by atoms with Crippen LogP contribution < -0.4 is 5.56 Å². The maximum Gasteiger partial charge on any atom is 0.267 e. The highest BCUT2D eigenvalue weighted by molar-refractivity contribution is 6.31. The van der Waals surface area contributed by atoms with Gasteiger partial charge < -0.3 is 0 Å². The lowest BCUT2D eigenvalue weighted by molar-refractivity contribution is 0.959. The largest absolute Gasteiger partial charge is 0.284 e. The van der Waals surface area contributed by atoms with E-state index in [1.54, 1.807) is 42.1 Å². The number of benzene rings is 1. The number of fused-ring (bicyclic) bond motifs is 4. The van der Waals surface area contributed by atoms with Crippen molar-refractivity contribution in [2.45, 2.75) is 0 Å². The third-order valence-corrected chi connectivity index (χ3v) is 3.77. The maximum atomic E-state index is 12.7. The maximum absolute atomic E-state index is 12.7. The Morgan fingerprint density at radius 1 is 1.29 bits per heavy atom. The van der Waals surface area contributed by atoms with Crippen molar-refractivity contribution in [1.82, 2.24) is 14.5 Å². The Hall–Kier alpha value is -2.53. The number of hydrogen-bond acceptors (Lipinski definition) is 4. The summed E-state index contributed by atoms with van der Waals surface area (Å²) in [7, 11) is 1.67. The van der Waals surface area contributed by atoms with Crippen molar-refractivity contribution in [2.75, 3.05) is 7.05 Å². The molecule has 1 aliphatic heterocycles. The zero-order valence-corrected chi connectivity index (χ0v) is 11.8. The van der Waals surface area contributed by atoms with Crippen LogP contribution in [0.15, 0.2) is 46.3 Å². The highest BCUT2D eigenvalue weighted by Gasteiger charge is 2.28. The van der Waals surface area contributed by atoms with E-state index in [1.165, 1.54) is 0 Å². The SMILES string of the molecule is CN=C1c2cc(Cl)ccc2-n2c1nc1ncccc1c2=O. The lowest BCUT2D eigenvalue weighted by Crippen LogP contribution is -2.22. The molecule has 6 heteroatoms. The molecule has 1 aliphatic rings. The van der Waals surface area contributed by atoms with Crippen LogP contribution >= 0.6 is 11.6 Å². The van der Waals surface area contributed by atoms with Gasteiger partial charge in [0.15, 0.2) is 11.5 Å². The van der Waals surface area contributed by atoms with Gasteiger partial charge in [0, 0.05) is 23.8 Å². The Morgan fingerprint density at radius 3 is 2.95 bits per heavy atom. The van der Waals surface area contributed by atoms with Gasteiger partial charge in [0.2, 0.25) is 0 Å². The van der Waals surface area contributed by atoms with Crippen LogP contribution in [0.5, 0.6) is 0 Å². The Labute approximate surface area is 124 Å². The standard InChI is InChI=1S/C15H9ClN4O/c1-17-12-10-7-8(16)4-5-11(10)20-14(12)19-13-9(15(20)21)3-2-6-18-13/h2-7H,1H3. The first kappa shape index (κ1) is 12.2. The predicted octanol–water partition coefficient (Wildman–Crippen LogP) is 2.21. The van der Waals surface area contributed by atoms with E-state index in [0.29, 0.717) is 27.6 Å². The summed E-state index contributed by atoms with van der Waals surface area (Å²) >= 11 is 6.06. The van der Waals surface area contributed by atoms with Crippen molar-refractivity contribution in [3.05, 3.63) is 63.3 Å². The molecule has 0 saturated carbocycles. The zero-order chi connectivity index (χ0) is 14.6. The first-order chi connectivity index (χ1) is 10.2. The molecule has 0 amide bonds. The van der Waals surface area contributed by atoms with Crippen LogP contribution in [0.2, 0.25) is 5.02 Å². The minimum atomic E-state index is -0.148. The summed E-state index contributed by atoms with van der Waals surface area (Å²) in [6.07, 6.45) is 1.62. The van der Waals surface area contributed by atoms with E-state index >= 15 is 0 Å². The van der Waals surface area contributed by atoms with Crippen LogP contribution in [0.3, 0.4) is 0 Å². The average molecular weight is 297 g/mol. The van der Waals surface area contributed by atoms with Gasteiger partial charge in [-0.05, 0) is 30.3 Å². The minimum Gasteiger partial charge on any atom is -0.284 e. The van der Waals surface area contributed by atoms with Gasteiger partial charge in [0.25, 0.3) is 5.56 Å². The van der Waals surface area contributed by atoms with Crippen LogP contribution in [0.1, 0.15) is 11.4 Å². The van der Waals surface area contributed by atoms with Gasteiger partial charge in [-0.2, -0.15) is 0 Å². The molecule has 4 rings (SSSR count). The molecule has 3 heterocycles. The summed E-state index contributed by atoms with van der Waals surface area (Å²) in [6.45, 7) is 0. The van der Waals surface area contributed by atoms with Gasteiger partial charge in [0.1, 0.15) is 5.71 Å². The van der Waals surface area contributed by atoms with E-state index < -0.39 is 0 Å². The van der Waals surface area contributed by atoms with Crippen LogP contribution in [0, 0.1) is 0 Å². The minimum absolute atomic E-state index is 0.148. The molecule has 2 aromatic heterocycles. The molecule has 0 N–H and O–H groups in total. The van der Waals surface area contributed by atoms with Crippen molar-refractivity contribution in [3.63, 3.8) is 0 Å². The number of halogens is 1. The fourth-order valence-corrected chi connectivity index (χ4v) is 2.81. The quantitative estimate of drug-likeness (QED) is 0.500. The van der Waals surface area contributed by atoms with E-state index in [4.69, 9.17) is 11.6 Å². The Balaban J connectivity index is 2.21. The average Bonchev–Trinajstić information content (AvgIpc) is 2.80. The van der Waals surface area contributed by atoms with E-state index in [-0.39, 0.29) is 5.56 Å². The monoisotopic (exact) mass is 296 g/mol. The van der Waals surface area contributed by atoms with Gasteiger partial charge in [-0.1, -0.05) is 11.6 Å². The fraction of sp³-hybridized carbons (Fsp3) is 0.0667. The van der Waals surface area contributed by atoms with Crippen LogP contribution in [0.4, 0.5) is 0 Å². The zero-order valence-electron chi connectivity index (χ0n) is 11.0. The van der Waals surface area contributed by atoms with E-state index in [1.807, 2.05) is 6.07 Å². The van der Waals surface area contributed by atoms with Gasteiger partial charge in [-0.25, -0.2) is 9.97 Å². The first-order valence-corrected chi connectivity index (χ1v) is 6.74. The lowest BCUT2D eigenvalue weighted by Gasteiger charge is -2.05. The van der Waals surface area contributed by atoms with Crippen molar-refractivity contribution in [2.24, 2.45) is 4.99 Å². The molecule has 0 radical (unpaired) electrons. The summed E-state index contributed by atoms with van der Waals surface area (Å²) in [5, 5.41) is 1.08. The van der Waals surface area contributed by atoms with E-state index in [9.17, 15) is 4.79 Å². The second-order valence-electron chi connectivity index (χ2n) is 4.68. The summed E-state index contributed by atoms with van der Waals surface area (Å²) in [6, 6.07) is 8.81. The third-order valence-electron chi connectivity index (χ3n) is 3.53. The smallest absolute Gasteiger partial charge is 0.267 e. The molecule has 0 spiro atoms. The highest BCUT2D eigenvalue weighted by atomic mass is 35.5. The topological polar surface area (TPSA) is 60.1 Å². The molecule has 0 unspecified atom stereocenters. The van der Waals surface area contributed by atoms with E-state index in [0.717, 1.165) is 11.3 Å². The second-order valence-corrected chi connectivity index (χ2v) is 5.12. The van der Waals surface area contributed by atoms with Gasteiger partial charge in [-0.3, -0.25) is 14.4 Å². The molecule has 1 aromatic carbocycles. The molecule has 102 valence electrons. The molecule has 0 saturated heterocycles. The van der Waals surface area contributed by atoms with Crippen LogP contribution in [-0.4, -0.2) is 27.3 Å². The number of nitrogens with zero attached hydrogens (tertiary/aromatic N) is 4. The Morgan fingerprint density at radius 2 is 2.14 bits per heavy atom. The molecule has 0 atom stereocenters.